The number of hydrogen-bond donors (Lipinski definition) is 9. The van der Waals surface area contributed by atoms with E-state index in [1.165, 1.54) is 0 Å². The number of carboxylic acids is 2. The highest BCUT2D eigenvalue weighted by atomic mass is 16.4. The van der Waals surface area contributed by atoms with Crippen LogP contribution < -0.4 is 38.9 Å². The van der Waals surface area contributed by atoms with Gasteiger partial charge in [-0.25, -0.2) is 4.79 Å². The molecule has 3 unspecified atom stereocenters. The Hall–Kier alpha value is -3.95. The standard InChI is InChI=1S/C16H28N8O8/c17-7(4-10(18)25)13(29)22-6-11(26)23-8(2-1-3-21-16(19)20)14(30)24-9(15(31)32)5-12(27)28/h7-9H,1-6,17H2,(H2,18,25)(H,22,29)(H,23,26)(H,24,30)(H,27,28)(H,31,32)(H4,19,20,21). The monoisotopic (exact) mass is 460 g/mol. The fourth-order valence-electron chi connectivity index (χ4n) is 2.27. The highest BCUT2D eigenvalue weighted by molar-refractivity contribution is 5.94. The number of hydrogen-bond acceptors (Lipinski definition) is 8. The largest absolute Gasteiger partial charge is 0.481 e. The van der Waals surface area contributed by atoms with Crippen LogP contribution >= 0.6 is 0 Å². The molecule has 180 valence electrons. The van der Waals surface area contributed by atoms with Gasteiger partial charge in [-0.2, -0.15) is 0 Å². The van der Waals surface area contributed by atoms with Crippen LogP contribution in [0.25, 0.3) is 0 Å². The molecule has 0 radical (unpaired) electrons. The van der Waals surface area contributed by atoms with Crippen LogP contribution in [0.4, 0.5) is 0 Å². The van der Waals surface area contributed by atoms with E-state index in [-0.39, 0.29) is 25.3 Å². The fraction of sp³-hybridized carbons (Fsp3) is 0.562. The van der Waals surface area contributed by atoms with E-state index in [0.717, 1.165) is 0 Å². The zero-order valence-corrected chi connectivity index (χ0v) is 17.1. The molecule has 0 aliphatic rings. The van der Waals surface area contributed by atoms with Crippen molar-refractivity contribution in [2.24, 2.45) is 27.9 Å². The molecule has 0 rings (SSSR count). The van der Waals surface area contributed by atoms with Crippen molar-refractivity contribution in [3.63, 3.8) is 0 Å². The Labute approximate surface area is 182 Å². The van der Waals surface area contributed by atoms with Crippen molar-refractivity contribution in [1.29, 1.82) is 0 Å². The summed E-state index contributed by atoms with van der Waals surface area (Å²) in [5, 5.41) is 24.3. The molecule has 0 aromatic rings. The van der Waals surface area contributed by atoms with Crippen LogP contribution in [0.2, 0.25) is 0 Å². The van der Waals surface area contributed by atoms with Gasteiger partial charge in [-0.05, 0) is 12.8 Å². The first-order valence-electron chi connectivity index (χ1n) is 9.24. The topological polar surface area (TPSA) is 295 Å². The zero-order chi connectivity index (χ0) is 24.8. The molecule has 13 N–H and O–H groups in total. The SMILES string of the molecule is NC(=O)CC(N)C(=O)NCC(=O)NC(CCCN=C(N)N)C(=O)NC(CC(=O)O)C(=O)O. The third kappa shape index (κ3) is 12.6. The van der Waals surface area contributed by atoms with Gasteiger partial charge < -0.3 is 49.1 Å². The highest BCUT2D eigenvalue weighted by Gasteiger charge is 2.28. The van der Waals surface area contributed by atoms with Gasteiger partial charge >= 0.3 is 11.9 Å². The Balaban J connectivity index is 5.08. The van der Waals surface area contributed by atoms with E-state index in [4.69, 9.17) is 33.1 Å². The van der Waals surface area contributed by atoms with Gasteiger partial charge in [0, 0.05) is 6.54 Å². The second kappa shape index (κ2) is 14.1. The number of nitrogens with zero attached hydrogens (tertiary/aromatic N) is 1. The van der Waals surface area contributed by atoms with Crippen LogP contribution in [0.3, 0.4) is 0 Å². The Morgan fingerprint density at radius 2 is 1.50 bits per heavy atom. The Kier molecular flexibility index (Phi) is 12.4. The van der Waals surface area contributed by atoms with Crippen LogP contribution in [0.15, 0.2) is 4.99 Å². The molecule has 0 bridgehead atoms. The quantitative estimate of drug-likeness (QED) is 0.0632. The maximum atomic E-state index is 12.4. The predicted molar refractivity (Wildman–Crippen MR) is 108 cm³/mol. The van der Waals surface area contributed by atoms with Crippen LogP contribution in [-0.2, 0) is 28.8 Å². The van der Waals surface area contributed by atoms with E-state index < -0.39 is 73.1 Å². The number of nitrogens with two attached hydrogens (primary N) is 4. The van der Waals surface area contributed by atoms with Crippen LogP contribution in [-0.4, -0.2) is 83.0 Å². The van der Waals surface area contributed by atoms with Crippen molar-refractivity contribution in [2.45, 2.75) is 43.8 Å². The van der Waals surface area contributed by atoms with Gasteiger partial charge in [0.2, 0.25) is 23.6 Å². The second-order valence-electron chi connectivity index (χ2n) is 6.56. The molecule has 4 amide bonds. The molecule has 0 fully saturated rings. The molecule has 0 spiro atoms. The highest BCUT2D eigenvalue weighted by Crippen LogP contribution is 2.02. The molecule has 0 aliphatic carbocycles. The third-order valence-electron chi connectivity index (χ3n) is 3.77. The molecule has 16 nitrogen and oxygen atoms in total. The van der Waals surface area contributed by atoms with Crippen molar-refractivity contribution in [1.82, 2.24) is 16.0 Å². The first kappa shape index (κ1) is 28.0. The number of nitrogens with one attached hydrogen (secondary N) is 3. The molecule has 0 aromatic heterocycles. The molecule has 0 saturated carbocycles. The average Bonchev–Trinajstić information content (AvgIpc) is 2.66. The number of carbonyl (C=O) groups excluding carboxylic acids is 4. The van der Waals surface area contributed by atoms with Crippen molar-refractivity contribution in [3.05, 3.63) is 0 Å². The normalized spacial score (nSPS) is 13.0. The van der Waals surface area contributed by atoms with E-state index in [1.54, 1.807) is 0 Å². The molecule has 32 heavy (non-hydrogen) atoms. The fourth-order valence-corrected chi connectivity index (χ4v) is 2.27. The molecule has 16 heteroatoms. The maximum Gasteiger partial charge on any atom is 0.326 e. The first-order valence-corrected chi connectivity index (χ1v) is 9.24. The number of aliphatic carboxylic acids is 2. The van der Waals surface area contributed by atoms with Crippen LogP contribution in [0.1, 0.15) is 25.7 Å². The number of guanidine groups is 1. The van der Waals surface area contributed by atoms with E-state index in [1.807, 2.05) is 5.32 Å². The zero-order valence-electron chi connectivity index (χ0n) is 17.1. The van der Waals surface area contributed by atoms with E-state index in [2.05, 4.69) is 15.6 Å². The predicted octanol–water partition coefficient (Wildman–Crippen LogP) is -5.11. The minimum atomic E-state index is -1.73. The molecule has 0 aliphatic heterocycles. The van der Waals surface area contributed by atoms with Crippen molar-refractivity contribution in [2.75, 3.05) is 13.1 Å². The lowest BCUT2D eigenvalue weighted by Crippen LogP contribution is -2.54. The summed E-state index contributed by atoms with van der Waals surface area (Å²) < 4.78 is 0. The molecule has 0 saturated heterocycles. The van der Waals surface area contributed by atoms with E-state index >= 15 is 0 Å². The smallest absolute Gasteiger partial charge is 0.326 e. The Morgan fingerprint density at radius 1 is 0.875 bits per heavy atom. The summed E-state index contributed by atoms with van der Waals surface area (Å²) in [6.07, 6.45) is -1.17. The third-order valence-corrected chi connectivity index (χ3v) is 3.77. The van der Waals surface area contributed by atoms with Crippen LogP contribution in [0.5, 0.6) is 0 Å². The summed E-state index contributed by atoms with van der Waals surface area (Å²) in [5.41, 5.74) is 20.8. The summed E-state index contributed by atoms with van der Waals surface area (Å²) in [5.74, 6) is -6.69. The number of carboxylic acid groups (broad SMARTS) is 2. The summed E-state index contributed by atoms with van der Waals surface area (Å²) in [7, 11) is 0. The minimum Gasteiger partial charge on any atom is -0.481 e. The van der Waals surface area contributed by atoms with Crippen molar-refractivity contribution in [3.8, 4) is 0 Å². The van der Waals surface area contributed by atoms with Gasteiger partial charge in [0.15, 0.2) is 5.96 Å². The van der Waals surface area contributed by atoms with E-state index in [0.29, 0.717) is 0 Å². The van der Waals surface area contributed by atoms with Gasteiger partial charge in [0.05, 0.1) is 25.4 Å². The van der Waals surface area contributed by atoms with E-state index in [9.17, 15) is 28.8 Å². The van der Waals surface area contributed by atoms with Crippen molar-refractivity contribution < 1.29 is 39.0 Å². The number of aliphatic imine (C=N–C) groups is 1. The number of amides is 4. The van der Waals surface area contributed by atoms with Crippen LogP contribution in [0, 0.1) is 0 Å². The first-order chi connectivity index (χ1) is 14.8. The van der Waals surface area contributed by atoms with Gasteiger partial charge in [0.1, 0.15) is 12.1 Å². The summed E-state index contributed by atoms with van der Waals surface area (Å²) in [6.45, 7) is -0.515. The van der Waals surface area contributed by atoms with Gasteiger partial charge in [-0.15, -0.1) is 0 Å². The number of rotatable bonds is 15. The Bertz CT molecular complexity index is 752. The molecule has 0 heterocycles. The lowest BCUT2D eigenvalue weighted by atomic mass is 10.1. The lowest BCUT2D eigenvalue weighted by molar-refractivity contribution is -0.147. The molecule has 0 aromatic carbocycles. The van der Waals surface area contributed by atoms with Gasteiger partial charge in [0.25, 0.3) is 0 Å². The Morgan fingerprint density at radius 3 is 2.00 bits per heavy atom. The number of carbonyl (C=O) groups is 6. The van der Waals surface area contributed by atoms with Gasteiger partial charge in [-0.1, -0.05) is 0 Å². The summed E-state index contributed by atoms with van der Waals surface area (Å²) in [6, 6.07) is -4.29. The summed E-state index contributed by atoms with van der Waals surface area (Å²) in [4.78, 5) is 72.8. The number of primary amides is 1. The minimum absolute atomic E-state index is 0.0388. The lowest BCUT2D eigenvalue weighted by Gasteiger charge is -2.21. The summed E-state index contributed by atoms with van der Waals surface area (Å²) >= 11 is 0. The maximum absolute atomic E-state index is 12.4. The molecular formula is C16H28N8O8. The molecular weight excluding hydrogens is 432 g/mol. The second-order valence-corrected chi connectivity index (χ2v) is 6.56. The average molecular weight is 460 g/mol. The molecule has 3 atom stereocenters. The van der Waals surface area contributed by atoms with Crippen molar-refractivity contribution >= 4 is 41.5 Å². The van der Waals surface area contributed by atoms with Gasteiger partial charge in [-0.3, -0.25) is 29.0 Å².